The summed E-state index contributed by atoms with van der Waals surface area (Å²) in [7, 11) is 0. The predicted molar refractivity (Wildman–Crippen MR) is 56.4 cm³/mol. The van der Waals surface area contributed by atoms with Crippen LogP contribution in [0.4, 0.5) is 4.39 Å². The molecule has 14 heavy (non-hydrogen) atoms. The highest BCUT2D eigenvalue weighted by atomic mass is 79.9. The van der Waals surface area contributed by atoms with Gasteiger partial charge in [-0.15, -0.1) is 0 Å². The first-order chi connectivity index (χ1) is 6.68. The molecule has 0 aliphatic heterocycles. The van der Waals surface area contributed by atoms with Gasteiger partial charge in [-0.05, 0) is 42.5 Å². The quantitative estimate of drug-likeness (QED) is 0.862. The zero-order valence-electron chi connectivity index (χ0n) is 7.71. The highest BCUT2D eigenvalue weighted by molar-refractivity contribution is 9.10. The molecule has 0 aromatic heterocycles. The Balaban J connectivity index is 2.24. The molecule has 0 heterocycles. The van der Waals surface area contributed by atoms with Crippen LogP contribution in [0.2, 0.25) is 0 Å². The van der Waals surface area contributed by atoms with Crippen LogP contribution in [0.5, 0.6) is 0 Å². The molecule has 1 unspecified atom stereocenters. The Morgan fingerprint density at radius 1 is 1.43 bits per heavy atom. The number of rotatable bonds is 2. The van der Waals surface area contributed by atoms with E-state index in [1.54, 1.807) is 6.07 Å². The molecule has 1 aliphatic rings. The van der Waals surface area contributed by atoms with Crippen LogP contribution in [0.1, 0.15) is 30.9 Å². The molecule has 1 saturated carbocycles. The summed E-state index contributed by atoms with van der Waals surface area (Å²) in [5, 5.41) is 9.95. The van der Waals surface area contributed by atoms with Crippen molar-refractivity contribution in [2.75, 3.05) is 0 Å². The van der Waals surface area contributed by atoms with E-state index in [-0.39, 0.29) is 5.82 Å². The van der Waals surface area contributed by atoms with Gasteiger partial charge >= 0.3 is 0 Å². The molecule has 1 aliphatic carbocycles. The summed E-state index contributed by atoms with van der Waals surface area (Å²) >= 11 is 3.33. The fourth-order valence-corrected chi connectivity index (χ4v) is 2.23. The summed E-state index contributed by atoms with van der Waals surface area (Å²) < 4.78 is 13.8. The summed E-state index contributed by atoms with van der Waals surface area (Å²) in [4.78, 5) is 0. The first-order valence-electron chi connectivity index (χ1n) is 4.81. The van der Waals surface area contributed by atoms with Crippen molar-refractivity contribution >= 4 is 15.9 Å². The van der Waals surface area contributed by atoms with E-state index in [0.29, 0.717) is 11.5 Å². The molecule has 1 nitrogen and oxygen atoms in total. The van der Waals surface area contributed by atoms with Crippen molar-refractivity contribution in [1.29, 1.82) is 0 Å². The molecule has 76 valence electrons. The maximum Gasteiger partial charge on any atom is 0.123 e. The highest BCUT2D eigenvalue weighted by Crippen LogP contribution is 2.39. The minimum atomic E-state index is -0.520. The number of hydrogen-bond donors (Lipinski definition) is 1. The zero-order valence-corrected chi connectivity index (χ0v) is 9.30. The third-order valence-electron chi connectivity index (χ3n) is 2.87. The molecule has 0 amide bonds. The Hall–Kier alpha value is -0.410. The molecule has 0 saturated heterocycles. The third-order valence-corrected chi connectivity index (χ3v) is 3.60. The van der Waals surface area contributed by atoms with E-state index in [0.717, 1.165) is 17.3 Å². The van der Waals surface area contributed by atoms with E-state index >= 15 is 0 Å². The molecule has 0 spiro atoms. The first kappa shape index (κ1) is 10.1. The molecule has 1 N–H and O–H groups in total. The molecule has 0 bridgehead atoms. The summed E-state index contributed by atoms with van der Waals surface area (Å²) in [5.41, 5.74) is 0.676. The number of benzene rings is 1. The number of hydrogen-bond acceptors (Lipinski definition) is 1. The van der Waals surface area contributed by atoms with E-state index in [2.05, 4.69) is 15.9 Å². The van der Waals surface area contributed by atoms with E-state index in [1.165, 1.54) is 18.6 Å². The largest absolute Gasteiger partial charge is 0.388 e. The van der Waals surface area contributed by atoms with Gasteiger partial charge in [0.2, 0.25) is 0 Å². The summed E-state index contributed by atoms with van der Waals surface area (Å²) in [5.74, 6) is 0.0228. The number of aliphatic hydroxyl groups is 1. The normalized spacial score (nSPS) is 19.1. The Bertz CT molecular complexity index is 336. The van der Waals surface area contributed by atoms with Gasteiger partial charge in [-0.3, -0.25) is 0 Å². The van der Waals surface area contributed by atoms with E-state index in [9.17, 15) is 9.50 Å². The Morgan fingerprint density at radius 3 is 2.71 bits per heavy atom. The van der Waals surface area contributed by atoms with Crippen molar-refractivity contribution in [3.63, 3.8) is 0 Å². The van der Waals surface area contributed by atoms with Crippen molar-refractivity contribution in [3.8, 4) is 0 Å². The molecule has 3 heteroatoms. The first-order valence-corrected chi connectivity index (χ1v) is 5.61. The van der Waals surface area contributed by atoms with Gasteiger partial charge in [0.1, 0.15) is 5.82 Å². The van der Waals surface area contributed by atoms with E-state index < -0.39 is 6.10 Å². The van der Waals surface area contributed by atoms with Crippen LogP contribution in [-0.4, -0.2) is 5.11 Å². The van der Waals surface area contributed by atoms with Crippen LogP contribution in [0.25, 0.3) is 0 Å². The van der Waals surface area contributed by atoms with Crippen molar-refractivity contribution in [1.82, 2.24) is 0 Å². The highest BCUT2D eigenvalue weighted by Gasteiger charge is 2.28. The summed E-state index contributed by atoms with van der Waals surface area (Å²) in [6.07, 6.45) is 2.75. The van der Waals surface area contributed by atoms with Crippen molar-refractivity contribution in [2.24, 2.45) is 5.92 Å². The third kappa shape index (κ3) is 1.84. The van der Waals surface area contributed by atoms with Gasteiger partial charge in [0, 0.05) is 4.47 Å². The van der Waals surface area contributed by atoms with Crippen molar-refractivity contribution < 1.29 is 9.50 Å². The lowest BCUT2D eigenvalue weighted by Gasteiger charge is -2.30. The van der Waals surface area contributed by atoms with Gasteiger partial charge in [0.15, 0.2) is 0 Å². The Kier molecular flexibility index (Phi) is 2.88. The molecule has 2 rings (SSSR count). The lowest BCUT2D eigenvalue weighted by atomic mass is 9.79. The van der Waals surface area contributed by atoms with Gasteiger partial charge in [-0.25, -0.2) is 4.39 Å². The van der Waals surface area contributed by atoms with Gasteiger partial charge in [-0.1, -0.05) is 22.4 Å². The lowest BCUT2D eigenvalue weighted by molar-refractivity contribution is 0.0613. The molecular weight excluding hydrogens is 247 g/mol. The van der Waals surface area contributed by atoms with Gasteiger partial charge in [0.05, 0.1) is 6.10 Å². The smallest absolute Gasteiger partial charge is 0.123 e. The minimum Gasteiger partial charge on any atom is -0.388 e. The van der Waals surface area contributed by atoms with Crippen LogP contribution < -0.4 is 0 Å². The van der Waals surface area contributed by atoms with Crippen LogP contribution in [0.15, 0.2) is 22.7 Å². The monoisotopic (exact) mass is 258 g/mol. The molecule has 0 radical (unpaired) electrons. The fraction of sp³-hybridized carbons (Fsp3) is 0.455. The summed E-state index contributed by atoms with van der Waals surface area (Å²) in [6, 6.07) is 4.45. The second-order valence-electron chi connectivity index (χ2n) is 3.80. The zero-order chi connectivity index (χ0) is 10.1. The standard InChI is InChI=1S/C11H12BrFO/c12-10-5-4-8(13)6-9(10)11(14)7-2-1-3-7/h4-7,11,14H,1-3H2. The number of halogens is 2. The lowest BCUT2D eigenvalue weighted by Crippen LogP contribution is -2.20. The van der Waals surface area contributed by atoms with Gasteiger partial charge in [-0.2, -0.15) is 0 Å². The topological polar surface area (TPSA) is 20.2 Å². The molecule has 1 aromatic rings. The second-order valence-corrected chi connectivity index (χ2v) is 4.66. The SMILES string of the molecule is OC(c1cc(F)ccc1Br)C1CCC1. The van der Waals surface area contributed by atoms with Crippen molar-refractivity contribution in [2.45, 2.75) is 25.4 Å². The van der Waals surface area contributed by atoms with E-state index in [4.69, 9.17) is 0 Å². The van der Waals surface area contributed by atoms with Crippen LogP contribution >= 0.6 is 15.9 Å². The van der Waals surface area contributed by atoms with Crippen LogP contribution in [0.3, 0.4) is 0 Å². The van der Waals surface area contributed by atoms with E-state index in [1.807, 2.05) is 0 Å². The van der Waals surface area contributed by atoms with Gasteiger partial charge in [0.25, 0.3) is 0 Å². The van der Waals surface area contributed by atoms with Crippen molar-refractivity contribution in [3.05, 3.63) is 34.1 Å². The predicted octanol–water partition coefficient (Wildman–Crippen LogP) is 3.42. The Labute approximate surface area is 91.1 Å². The summed E-state index contributed by atoms with van der Waals surface area (Å²) in [6.45, 7) is 0. The molecule has 1 aromatic carbocycles. The van der Waals surface area contributed by atoms with Crippen LogP contribution in [-0.2, 0) is 0 Å². The maximum atomic E-state index is 13.0. The fourth-order valence-electron chi connectivity index (χ4n) is 1.75. The van der Waals surface area contributed by atoms with Gasteiger partial charge < -0.3 is 5.11 Å². The molecule has 1 atom stereocenters. The number of aliphatic hydroxyl groups excluding tert-OH is 1. The second kappa shape index (κ2) is 3.99. The Morgan fingerprint density at radius 2 is 2.14 bits per heavy atom. The van der Waals surface area contributed by atoms with Crippen LogP contribution in [0, 0.1) is 11.7 Å². The minimum absolute atomic E-state index is 0.290. The molecule has 1 fully saturated rings. The average Bonchev–Trinajstić information content (AvgIpc) is 2.06. The maximum absolute atomic E-state index is 13.0. The molecular formula is C11H12BrFO. The average molecular weight is 259 g/mol.